The molecule has 0 N–H and O–H groups in total. The van der Waals surface area contributed by atoms with Crippen molar-refractivity contribution in [2.45, 2.75) is 13.2 Å². The number of aromatic nitrogens is 1. The third-order valence-corrected chi connectivity index (χ3v) is 5.75. The predicted octanol–water partition coefficient (Wildman–Crippen LogP) is 6.05. The zero-order chi connectivity index (χ0) is 21.8. The number of amides is 1. The Morgan fingerprint density at radius 2 is 2.06 bits per heavy atom. The quantitative estimate of drug-likeness (QED) is 0.340. The summed E-state index contributed by atoms with van der Waals surface area (Å²) < 4.78 is 24.7. The molecule has 0 radical (unpaired) electrons. The van der Waals surface area contributed by atoms with Gasteiger partial charge in [-0.2, -0.15) is 0 Å². The number of hydrogen-bond acceptors (Lipinski definition) is 5. The number of rotatable bonds is 7. The molecule has 0 bridgehead atoms. The van der Waals surface area contributed by atoms with Gasteiger partial charge in [0.15, 0.2) is 0 Å². The van der Waals surface area contributed by atoms with Crippen LogP contribution in [0.5, 0.6) is 5.75 Å². The highest BCUT2D eigenvalue weighted by molar-refractivity contribution is 7.13. The standard InChI is InChI=1S/C23H18ClFN2O3S/c1-27(12-17-6-4-10-29-17)23(28)21-14-31-22(26-21)18-9-8-16(11-19(18)24)30-13-15-5-2-3-7-20(15)25/h2-11,14H,12-13H2,1H3. The number of furan rings is 1. The number of thiazole rings is 1. The van der Waals surface area contributed by atoms with E-state index in [0.717, 1.165) is 0 Å². The Hall–Kier alpha value is -3.16. The number of carbonyl (C=O) groups is 1. The van der Waals surface area contributed by atoms with Crippen LogP contribution in [0.4, 0.5) is 4.39 Å². The third kappa shape index (κ3) is 4.95. The lowest BCUT2D eigenvalue weighted by Crippen LogP contribution is -2.26. The average molecular weight is 457 g/mol. The second-order valence-corrected chi connectivity index (χ2v) is 8.07. The van der Waals surface area contributed by atoms with Gasteiger partial charge in [0.05, 0.1) is 17.8 Å². The number of benzene rings is 2. The van der Waals surface area contributed by atoms with Crippen LogP contribution in [0, 0.1) is 5.82 Å². The number of carbonyl (C=O) groups excluding carboxylic acids is 1. The van der Waals surface area contributed by atoms with Gasteiger partial charge in [-0.25, -0.2) is 9.37 Å². The Morgan fingerprint density at radius 3 is 2.81 bits per heavy atom. The van der Waals surface area contributed by atoms with Crippen molar-refractivity contribution < 1.29 is 18.3 Å². The topological polar surface area (TPSA) is 55.6 Å². The molecule has 2 heterocycles. The summed E-state index contributed by atoms with van der Waals surface area (Å²) in [7, 11) is 1.69. The fourth-order valence-electron chi connectivity index (χ4n) is 2.93. The maximum atomic E-state index is 13.7. The maximum Gasteiger partial charge on any atom is 0.273 e. The number of hydrogen-bond donors (Lipinski definition) is 0. The number of ether oxygens (including phenoxy) is 1. The van der Waals surface area contributed by atoms with Crippen LogP contribution in [0.15, 0.2) is 70.7 Å². The van der Waals surface area contributed by atoms with Crippen molar-refractivity contribution in [3.8, 4) is 16.3 Å². The lowest BCUT2D eigenvalue weighted by atomic mass is 10.2. The molecule has 4 rings (SSSR count). The van der Waals surface area contributed by atoms with Crippen LogP contribution < -0.4 is 4.74 Å². The van der Waals surface area contributed by atoms with Crippen molar-refractivity contribution in [1.29, 1.82) is 0 Å². The fourth-order valence-corrected chi connectivity index (χ4v) is 4.08. The summed E-state index contributed by atoms with van der Waals surface area (Å²) in [5.41, 5.74) is 1.49. The van der Waals surface area contributed by atoms with Crippen LogP contribution in [0.2, 0.25) is 5.02 Å². The maximum absolute atomic E-state index is 13.7. The summed E-state index contributed by atoms with van der Waals surface area (Å²) >= 11 is 7.76. The van der Waals surface area contributed by atoms with E-state index in [9.17, 15) is 9.18 Å². The van der Waals surface area contributed by atoms with E-state index < -0.39 is 0 Å². The van der Waals surface area contributed by atoms with Gasteiger partial charge in [-0.3, -0.25) is 4.79 Å². The highest BCUT2D eigenvalue weighted by atomic mass is 35.5. The SMILES string of the molecule is CN(Cc1ccco1)C(=O)c1csc(-c2ccc(OCc3ccccc3F)cc2Cl)n1. The molecule has 0 saturated heterocycles. The van der Waals surface area contributed by atoms with E-state index in [1.807, 2.05) is 6.07 Å². The summed E-state index contributed by atoms with van der Waals surface area (Å²) in [6.07, 6.45) is 1.57. The minimum absolute atomic E-state index is 0.0975. The van der Waals surface area contributed by atoms with Crippen LogP contribution >= 0.6 is 22.9 Å². The largest absolute Gasteiger partial charge is 0.489 e. The Morgan fingerprint density at radius 1 is 1.23 bits per heavy atom. The van der Waals surface area contributed by atoms with E-state index in [1.165, 1.54) is 17.4 Å². The zero-order valence-electron chi connectivity index (χ0n) is 16.5. The highest BCUT2D eigenvalue weighted by Crippen LogP contribution is 2.33. The Balaban J connectivity index is 1.44. The fraction of sp³-hybridized carbons (Fsp3) is 0.130. The number of halogens is 2. The molecule has 0 fully saturated rings. The van der Waals surface area contributed by atoms with Gasteiger partial charge in [0.25, 0.3) is 5.91 Å². The van der Waals surface area contributed by atoms with Gasteiger partial charge in [0, 0.05) is 23.6 Å². The molecular formula is C23H18ClFN2O3S. The second kappa shape index (κ2) is 9.32. The van der Waals surface area contributed by atoms with Gasteiger partial charge in [-0.05, 0) is 36.4 Å². The van der Waals surface area contributed by atoms with Crippen molar-refractivity contribution >= 4 is 28.8 Å². The summed E-state index contributed by atoms with van der Waals surface area (Å²) in [4.78, 5) is 18.6. The first-order valence-corrected chi connectivity index (χ1v) is 10.7. The molecule has 8 heteroatoms. The van der Waals surface area contributed by atoms with Crippen LogP contribution in [0.3, 0.4) is 0 Å². The normalized spacial score (nSPS) is 10.8. The van der Waals surface area contributed by atoms with E-state index in [0.29, 0.717) is 44.9 Å². The van der Waals surface area contributed by atoms with Crippen molar-refractivity contribution in [3.63, 3.8) is 0 Å². The Labute approximate surface area is 187 Å². The molecule has 0 saturated carbocycles. The molecule has 0 spiro atoms. The summed E-state index contributed by atoms with van der Waals surface area (Å²) in [6, 6.07) is 15.2. The van der Waals surface area contributed by atoms with E-state index in [-0.39, 0.29) is 18.3 Å². The molecule has 158 valence electrons. The van der Waals surface area contributed by atoms with Gasteiger partial charge < -0.3 is 14.1 Å². The molecule has 5 nitrogen and oxygen atoms in total. The molecule has 0 aliphatic rings. The Bertz CT molecular complexity index is 1190. The average Bonchev–Trinajstić information content (AvgIpc) is 3.45. The van der Waals surface area contributed by atoms with Crippen molar-refractivity contribution in [2.24, 2.45) is 0 Å². The molecule has 0 unspecified atom stereocenters. The molecule has 4 aromatic rings. The molecule has 0 aliphatic heterocycles. The summed E-state index contributed by atoms with van der Waals surface area (Å²) in [5, 5.41) is 2.76. The van der Waals surface area contributed by atoms with Crippen LogP contribution in [0.1, 0.15) is 21.8 Å². The van der Waals surface area contributed by atoms with E-state index >= 15 is 0 Å². The van der Waals surface area contributed by atoms with Gasteiger partial charge in [-0.1, -0.05) is 29.8 Å². The molecular weight excluding hydrogens is 439 g/mol. The van der Waals surface area contributed by atoms with Gasteiger partial charge in [-0.15, -0.1) is 11.3 Å². The molecule has 1 amide bonds. The van der Waals surface area contributed by atoms with Gasteiger partial charge in [0.1, 0.15) is 34.6 Å². The van der Waals surface area contributed by atoms with Crippen molar-refractivity contribution in [2.75, 3.05) is 7.05 Å². The Kier molecular flexibility index (Phi) is 6.34. The number of nitrogens with zero attached hydrogens (tertiary/aromatic N) is 2. The monoisotopic (exact) mass is 456 g/mol. The lowest BCUT2D eigenvalue weighted by Gasteiger charge is -2.13. The lowest BCUT2D eigenvalue weighted by molar-refractivity contribution is 0.0770. The first kappa shape index (κ1) is 21.1. The second-order valence-electron chi connectivity index (χ2n) is 6.80. The van der Waals surface area contributed by atoms with Crippen LogP contribution in [-0.4, -0.2) is 22.8 Å². The molecule has 31 heavy (non-hydrogen) atoms. The van der Waals surface area contributed by atoms with Crippen molar-refractivity contribution in [1.82, 2.24) is 9.88 Å². The zero-order valence-corrected chi connectivity index (χ0v) is 18.1. The van der Waals surface area contributed by atoms with Crippen LogP contribution in [0.25, 0.3) is 10.6 Å². The summed E-state index contributed by atoms with van der Waals surface area (Å²) in [6.45, 7) is 0.452. The summed E-state index contributed by atoms with van der Waals surface area (Å²) in [5.74, 6) is 0.686. The highest BCUT2D eigenvalue weighted by Gasteiger charge is 2.18. The first-order chi connectivity index (χ1) is 15.0. The van der Waals surface area contributed by atoms with Gasteiger partial charge in [0.2, 0.25) is 0 Å². The molecule has 2 aromatic carbocycles. The smallest absolute Gasteiger partial charge is 0.273 e. The molecule has 0 aliphatic carbocycles. The van der Waals surface area contributed by atoms with E-state index in [2.05, 4.69) is 4.98 Å². The van der Waals surface area contributed by atoms with Crippen molar-refractivity contribution in [3.05, 3.63) is 94.1 Å². The minimum Gasteiger partial charge on any atom is -0.489 e. The molecule has 2 aromatic heterocycles. The van der Waals surface area contributed by atoms with E-state index in [1.54, 1.807) is 66.1 Å². The third-order valence-electron chi connectivity index (χ3n) is 4.57. The molecule has 0 atom stereocenters. The first-order valence-electron chi connectivity index (χ1n) is 9.41. The van der Waals surface area contributed by atoms with Gasteiger partial charge >= 0.3 is 0 Å². The minimum atomic E-state index is -0.317. The van der Waals surface area contributed by atoms with Crippen LogP contribution in [-0.2, 0) is 13.2 Å². The predicted molar refractivity (Wildman–Crippen MR) is 118 cm³/mol. The van der Waals surface area contributed by atoms with E-state index in [4.69, 9.17) is 20.8 Å².